The average molecular weight is 564 g/mol. The van der Waals surface area contributed by atoms with Crippen LogP contribution in [0.25, 0.3) is 0 Å². The van der Waals surface area contributed by atoms with Gasteiger partial charge >= 0.3 is 12.2 Å². The summed E-state index contributed by atoms with van der Waals surface area (Å²) in [5, 5.41) is 3.16. The van der Waals surface area contributed by atoms with Crippen LogP contribution in [0, 0.1) is 11.7 Å². The molecule has 11 heteroatoms. The first-order valence-electron chi connectivity index (χ1n) is 14.2. The number of carbonyl (C=O) groups excluding carboxylic acids is 1. The number of ether oxygens (including phenoxy) is 1. The molecule has 2 aromatic rings. The molecule has 1 N–H and O–H groups in total. The molecule has 0 unspecified atom stereocenters. The van der Waals surface area contributed by atoms with E-state index in [9.17, 15) is 18.0 Å². The minimum atomic E-state index is -4.45. The van der Waals surface area contributed by atoms with E-state index in [1.54, 1.807) is 11.0 Å². The highest BCUT2D eigenvalue weighted by Crippen LogP contribution is 2.30. The first-order chi connectivity index (χ1) is 19.3. The molecule has 5 rings (SSSR count). The Kier molecular flexibility index (Phi) is 9.10. The highest BCUT2D eigenvalue weighted by Gasteiger charge is 2.32. The normalized spacial score (nSPS) is 19.6. The van der Waals surface area contributed by atoms with Gasteiger partial charge in [0.25, 0.3) is 0 Å². The van der Waals surface area contributed by atoms with Crippen LogP contribution in [0.15, 0.2) is 36.5 Å². The molecular formula is C29H37F4N5O2. The summed E-state index contributed by atoms with van der Waals surface area (Å²) in [4.78, 5) is 22.9. The van der Waals surface area contributed by atoms with Crippen molar-refractivity contribution in [2.45, 2.75) is 57.3 Å². The lowest BCUT2D eigenvalue weighted by Crippen LogP contribution is -2.47. The number of hydrogen-bond donors (Lipinski definition) is 1. The zero-order valence-corrected chi connectivity index (χ0v) is 22.6. The Labute approximate surface area is 232 Å². The minimum Gasteiger partial charge on any atom is -0.378 e. The van der Waals surface area contributed by atoms with E-state index < -0.39 is 11.9 Å². The molecule has 0 atom stereocenters. The summed E-state index contributed by atoms with van der Waals surface area (Å²) >= 11 is 0. The van der Waals surface area contributed by atoms with E-state index in [0.717, 1.165) is 63.2 Å². The van der Waals surface area contributed by atoms with E-state index in [2.05, 4.69) is 15.2 Å². The fourth-order valence-corrected chi connectivity index (χ4v) is 5.88. The van der Waals surface area contributed by atoms with E-state index in [-0.39, 0.29) is 23.8 Å². The van der Waals surface area contributed by atoms with Gasteiger partial charge in [0.1, 0.15) is 11.5 Å². The molecule has 2 saturated heterocycles. The SMILES string of the molecule is O=C(NC1CCCC1)N(CC1CCN(Cc2ccc(C(F)(F)F)nc2)CC1)c1ccc(N2CCOCC2)c(F)c1. The maximum atomic E-state index is 15.3. The van der Waals surface area contributed by atoms with Crippen LogP contribution < -0.4 is 15.1 Å². The van der Waals surface area contributed by atoms with Crippen LogP contribution in [0.5, 0.6) is 0 Å². The van der Waals surface area contributed by atoms with Gasteiger partial charge in [-0.15, -0.1) is 0 Å². The number of urea groups is 1. The number of benzene rings is 1. The number of morpholine rings is 1. The first-order valence-corrected chi connectivity index (χ1v) is 14.2. The Balaban J connectivity index is 1.22. The molecule has 1 aliphatic carbocycles. The third-order valence-electron chi connectivity index (χ3n) is 8.19. The quantitative estimate of drug-likeness (QED) is 0.455. The Hall–Kier alpha value is -2.92. The first kappa shape index (κ1) is 28.6. The van der Waals surface area contributed by atoms with Crippen molar-refractivity contribution in [1.82, 2.24) is 15.2 Å². The van der Waals surface area contributed by atoms with Gasteiger partial charge in [-0.2, -0.15) is 13.2 Å². The summed E-state index contributed by atoms with van der Waals surface area (Å²) in [7, 11) is 0. The van der Waals surface area contributed by atoms with Gasteiger partial charge in [-0.1, -0.05) is 18.9 Å². The van der Waals surface area contributed by atoms with Crippen molar-refractivity contribution in [2.75, 3.05) is 55.7 Å². The van der Waals surface area contributed by atoms with Gasteiger partial charge in [0.2, 0.25) is 0 Å². The molecule has 218 valence electrons. The number of pyridine rings is 1. The number of anilines is 2. The number of piperidine rings is 1. The summed E-state index contributed by atoms with van der Waals surface area (Å²) in [6, 6.07) is 7.50. The molecule has 3 fully saturated rings. The number of rotatable bonds is 7. The zero-order valence-electron chi connectivity index (χ0n) is 22.6. The van der Waals surface area contributed by atoms with E-state index in [1.165, 1.54) is 18.3 Å². The van der Waals surface area contributed by atoms with Gasteiger partial charge in [0.05, 0.1) is 18.9 Å². The molecule has 0 radical (unpaired) electrons. The number of alkyl halides is 3. The van der Waals surface area contributed by atoms with Crippen molar-refractivity contribution in [3.05, 3.63) is 53.6 Å². The average Bonchev–Trinajstić information content (AvgIpc) is 3.46. The smallest absolute Gasteiger partial charge is 0.378 e. The third kappa shape index (κ3) is 7.23. The van der Waals surface area contributed by atoms with Crippen molar-refractivity contribution in [2.24, 2.45) is 5.92 Å². The number of likely N-dealkylation sites (tertiary alicyclic amines) is 1. The van der Waals surface area contributed by atoms with Crippen LogP contribution in [-0.2, 0) is 17.5 Å². The van der Waals surface area contributed by atoms with Gasteiger partial charge in [0, 0.05) is 44.1 Å². The van der Waals surface area contributed by atoms with Crippen molar-refractivity contribution >= 4 is 17.4 Å². The molecule has 2 aliphatic heterocycles. The zero-order chi connectivity index (χ0) is 28.1. The predicted molar refractivity (Wildman–Crippen MR) is 145 cm³/mol. The van der Waals surface area contributed by atoms with Crippen LogP contribution in [0.4, 0.5) is 33.7 Å². The van der Waals surface area contributed by atoms with Gasteiger partial charge in [0.15, 0.2) is 0 Å². The number of aromatic nitrogens is 1. The van der Waals surface area contributed by atoms with Crippen LogP contribution in [0.2, 0.25) is 0 Å². The van der Waals surface area contributed by atoms with Crippen LogP contribution in [-0.4, -0.2) is 67.9 Å². The number of halogens is 4. The summed E-state index contributed by atoms with van der Waals surface area (Å²) in [6.07, 6.45) is 2.62. The van der Waals surface area contributed by atoms with Gasteiger partial charge < -0.3 is 15.0 Å². The molecule has 0 bridgehead atoms. The highest BCUT2D eigenvalue weighted by atomic mass is 19.4. The maximum Gasteiger partial charge on any atom is 0.433 e. The number of nitrogens with zero attached hydrogens (tertiary/aromatic N) is 4. The second kappa shape index (κ2) is 12.7. The summed E-state index contributed by atoms with van der Waals surface area (Å²) in [6.45, 7) is 4.90. The van der Waals surface area contributed by atoms with Crippen LogP contribution >= 0.6 is 0 Å². The second-order valence-electron chi connectivity index (χ2n) is 11.0. The standard InChI is InChI=1S/C29H37F4N5O2/c30-25-17-24(6-7-26(25)37-13-15-40-16-14-37)38(28(39)35-23-3-1-2-4-23)20-21-9-11-36(12-10-21)19-22-5-8-27(34-18-22)29(31,32)33/h5-8,17-18,21,23H,1-4,9-16,19-20H2,(H,35,39). The minimum absolute atomic E-state index is 0.145. The lowest BCUT2D eigenvalue weighted by molar-refractivity contribution is -0.141. The molecule has 0 spiro atoms. The Morgan fingerprint density at radius 1 is 1.02 bits per heavy atom. The largest absolute Gasteiger partial charge is 0.433 e. The van der Waals surface area contributed by atoms with Crippen LogP contribution in [0.3, 0.4) is 0 Å². The third-order valence-corrected chi connectivity index (χ3v) is 8.19. The molecule has 3 aliphatic rings. The molecule has 2 amide bonds. The van der Waals surface area contributed by atoms with E-state index in [4.69, 9.17) is 4.74 Å². The number of hydrogen-bond acceptors (Lipinski definition) is 5. The molecule has 7 nitrogen and oxygen atoms in total. The fourth-order valence-electron chi connectivity index (χ4n) is 5.88. The lowest BCUT2D eigenvalue weighted by Gasteiger charge is -2.35. The van der Waals surface area contributed by atoms with Gasteiger partial charge in [-0.05, 0) is 74.5 Å². The molecule has 3 heterocycles. The summed E-state index contributed by atoms with van der Waals surface area (Å²) in [5.41, 5.74) is 0.915. The maximum absolute atomic E-state index is 15.3. The van der Waals surface area contributed by atoms with Gasteiger partial charge in [-0.3, -0.25) is 14.8 Å². The lowest BCUT2D eigenvalue weighted by atomic mass is 9.95. The van der Waals surface area contributed by atoms with Crippen molar-refractivity contribution < 1.29 is 27.1 Å². The molecule has 1 aromatic carbocycles. The second-order valence-corrected chi connectivity index (χ2v) is 11.0. The van der Waals surface area contributed by atoms with Gasteiger partial charge in [-0.25, -0.2) is 9.18 Å². The van der Waals surface area contributed by atoms with E-state index in [0.29, 0.717) is 50.8 Å². The Morgan fingerprint density at radius 3 is 2.38 bits per heavy atom. The predicted octanol–water partition coefficient (Wildman–Crippen LogP) is 5.45. The van der Waals surface area contributed by atoms with Crippen molar-refractivity contribution in [1.29, 1.82) is 0 Å². The number of carbonyl (C=O) groups is 1. The molecule has 1 saturated carbocycles. The van der Waals surface area contributed by atoms with E-state index >= 15 is 4.39 Å². The van der Waals surface area contributed by atoms with E-state index in [1.807, 2.05) is 11.0 Å². The summed E-state index contributed by atoms with van der Waals surface area (Å²) in [5.74, 6) is -0.128. The van der Waals surface area contributed by atoms with Crippen molar-refractivity contribution in [3.8, 4) is 0 Å². The number of amides is 2. The highest BCUT2D eigenvalue weighted by molar-refractivity contribution is 5.92. The molecular weight excluding hydrogens is 526 g/mol. The summed E-state index contributed by atoms with van der Waals surface area (Å²) < 4.78 is 59.1. The Bertz CT molecular complexity index is 1130. The van der Waals surface area contributed by atoms with Crippen molar-refractivity contribution in [3.63, 3.8) is 0 Å². The monoisotopic (exact) mass is 563 g/mol. The number of nitrogens with one attached hydrogen (secondary N) is 1. The molecule has 1 aromatic heterocycles. The fraction of sp³-hybridized carbons (Fsp3) is 0.586. The van der Waals surface area contributed by atoms with Crippen LogP contribution in [0.1, 0.15) is 49.8 Å². The Morgan fingerprint density at radius 2 is 1.75 bits per heavy atom. The molecule has 40 heavy (non-hydrogen) atoms. The topological polar surface area (TPSA) is 60.9 Å².